The van der Waals surface area contributed by atoms with Gasteiger partial charge in [-0.1, -0.05) is 19.9 Å². The summed E-state index contributed by atoms with van der Waals surface area (Å²) in [4.78, 5) is 11.1. The number of carboxylic acid groups (broad SMARTS) is 1. The molecule has 0 aliphatic heterocycles. The van der Waals surface area contributed by atoms with Crippen LogP contribution in [0.2, 0.25) is 0 Å². The molecule has 0 spiro atoms. The van der Waals surface area contributed by atoms with Gasteiger partial charge >= 0.3 is 5.97 Å². The smallest absolute Gasteiger partial charge is 0.308 e. The summed E-state index contributed by atoms with van der Waals surface area (Å²) in [5, 5.41) is 9.04. The lowest BCUT2D eigenvalue weighted by Gasteiger charge is -2.24. The van der Waals surface area contributed by atoms with Crippen LogP contribution >= 0.6 is 0 Å². The molecule has 1 aromatic rings. The predicted molar refractivity (Wildman–Crippen MR) is 59.3 cm³/mol. The van der Waals surface area contributed by atoms with Gasteiger partial charge in [0, 0.05) is 17.7 Å². The molecular weight excluding hydrogens is 228 g/mol. The number of nitrogens with two attached hydrogens (primary N) is 1. The molecule has 0 fully saturated rings. The molecule has 2 atom stereocenters. The van der Waals surface area contributed by atoms with Crippen molar-refractivity contribution in [3.8, 4) is 0 Å². The van der Waals surface area contributed by atoms with Crippen LogP contribution in [0.4, 0.5) is 8.78 Å². The van der Waals surface area contributed by atoms with Crippen molar-refractivity contribution in [3.63, 3.8) is 0 Å². The number of aliphatic carboxylic acids is 1. The van der Waals surface area contributed by atoms with Crippen LogP contribution in [0.1, 0.15) is 25.5 Å². The first-order valence-electron chi connectivity index (χ1n) is 5.28. The van der Waals surface area contributed by atoms with Crippen LogP contribution in [-0.4, -0.2) is 11.1 Å². The van der Waals surface area contributed by atoms with Gasteiger partial charge in [0.1, 0.15) is 11.6 Å². The highest BCUT2D eigenvalue weighted by Gasteiger charge is 2.31. The summed E-state index contributed by atoms with van der Waals surface area (Å²) in [5.74, 6) is -3.77. The van der Waals surface area contributed by atoms with E-state index in [1.165, 1.54) is 6.07 Å². The van der Waals surface area contributed by atoms with Gasteiger partial charge in [0.2, 0.25) is 0 Å². The fourth-order valence-corrected chi connectivity index (χ4v) is 1.82. The average molecular weight is 243 g/mol. The van der Waals surface area contributed by atoms with Crippen molar-refractivity contribution in [1.29, 1.82) is 0 Å². The Morgan fingerprint density at radius 1 is 1.35 bits per heavy atom. The van der Waals surface area contributed by atoms with Crippen LogP contribution in [0, 0.1) is 23.5 Å². The normalized spacial score (nSPS) is 14.7. The van der Waals surface area contributed by atoms with Crippen molar-refractivity contribution in [2.45, 2.75) is 19.9 Å². The zero-order valence-electron chi connectivity index (χ0n) is 9.65. The van der Waals surface area contributed by atoms with E-state index in [-0.39, 0.29) is 11.5 Å². The monoisotopic (exact) mass is 243 g/mol. The number of rotatable bonds is 4. The highest BCUT2D eigenvalue weighted by molar-refractivity contribution is 5.71. The molecule has 0 amide bonds. The maximum absolute atomic E-state index is 13.5. The quantitative estimate of drug-likeness (QED) is 0.853. The molecule has 17 heavy (non-hydrogen) atoms. The number of hydrogen-bond acceptors (Lipinski definition) is 2. The number of hydrogen-bond donors (Lipinski definition) is 2. The summed E-state index contributed by atoms with van der Waals surface area (Å²) < 4.78 is 26.2. The third-order valence-electron chi connectivity index (χ3n) is 2.71. The Kier molecular flexibility index (Phi) is 4.17. The Hall–Kier alpha value is -1.49. The van der Waals surface area contributed by atoms with Crippen LogP contribution in [0.5, 0.6) is 0 Å². The first-order valence-corrected chi connectivity index (χ1v) is 5.28. The van der Waals surface area contributed by atoms with Gasteiger partial charge in [-0.25, -0.2) is 8.78 Å². The minimum atomic E-state index is -1.09. The highest BCUT2D eigenvalue weighted by atomic mass is 19.1. The van der Waals surface area contributed by atoms with E-state index >= 15 is 0 Å². The second-order valence-electron chi connectivity index (χ2n) is 4.30. The van der Waals surface area contributed by atoms with E-state index in [0.717, 1.165) is 6.07 Å². The van der Waals surface area contributed by atoms with Gasteiger partial charge in [-0.3, -0.25) is 4.79 Å². The van der Waals surface area contributed by atoms with Gasteiger partial charge in [-0.05, 0) is 12.0 Å². The molecular formula is C12H15F2NO2. The van der Waals surface area contributed by atoms with Crippen molar-refractivity contribution in [1.82, 2.24) is 0 Å². The molecule has 2 unspecified atom stereocenters. The van der Waals surface area contributed by atoms with Crippen LogP contribution in [-0.2, 0) is 4.79 Å². The number of carboxylic acids is 1. The Morgan fingerprint density at radius 2 is 1.94 bits per heavy atom. The third kappa shape index (κ3) is 3.00. The van der Waals surface area contributed by atoms with Gasteiger partial charge in [-0.15, -0.1) is 0 Å². The maximum Gasteiger partial charge on any atom is 0.308 e. The Labute approximate surface area is 98.2 Å². The fourth-order valence-electron chi connectivity index (χ4n) is 1.82. The number of halogens is 2. The van der Waals surface area contributed by atoms with Gasteiger partial charge in [0.25, 0.3) is 0 Å². The van der Waals surface area contributed by atoms with Crippen LogP contribution in [0.15, 0.2) is 18.2 Å². The number of carbonyl (C=O) groups is 1. The SMILES string of the molecule is CC(C)C(C(=O)O)C(N)c1ccc(F)cc1F. The highest BCUT2D eigenvalue weighted by Crippen LogP contribution is 2.28. The van der Waals surface area contributed by atoms with Crippen molar-refractivity contribution in [3.05, 3.63) is 35.4 Å². The van der Waals surface area contributed by atoms with Gasteiger partial charge in [0.15, 0.2) is 0 Å². The minimum absolute atomic E-state index is 0.0208. The lowest BCUT2D eigenvalue weighted by molar-refractivity contribution is -0.144. The van der Waals surface area contributed by atoms with Crippen molar-refractivity contribution >= 4 is 5.97 Å². The van der Waals surface area contributed by atoms with E-state index in [1.807, 2.05) is 0 Å². The molecule has 3 N–H and O–H groups in total. The van der Waals surface area contributed by atoms with Crippen LogP contribution < -0.4 is 5.73 Å². The molecule has 0 saturated carbocycles. The minimum Gasteiger partial charge on any atom is -0.481 e. The van der Waals surface area contributed by atoms with E-state index in [2.05, 4.69) is 0 Å². The average Bonchev–Trinajstić information content (AvgIpc) is 2.15. The largest absolute Gasteiger partial charge is 0.481 e. The lowest BCUT2D eigenvalue weighted by atomic mass is 9.85. The Balaban J connectivity index is 3.09. The van der Waals surface area contributed by atoms with Gasteiger partial charge in [0.05, 0.1) is 5.92 Å². The molecule has 5 heteroatoms. The maximum atomic E-state index is 13.5. The Bertz CT molecular complexity index is 421. The number of benzene rings is 1. The first kappa shape index (κ1) is 13.6. The van der Waals surface area contributed by atoms with E-state index in [1.54, 1.807) is 13.8 Å². The molecule has 0 aliphatic carbocycles. The summed E-state index contributed by atoms with van der Waals surface area (Å²) in [7, 11) is 0. The van der Waals surface area contributed by atoms with E-state index in [4.69, 9.17) is 10.8 Å². The second kappa shape index (κ2) is 5.23. The van der Waals surface area contributed by atoms with E-state index in [9.17, 15) is 13.6 Å². The molecule has 3 nitrogen and oxygen atoms in total. The molecule has 0 heterocycles. The summed E-state index contributed by atoms with van der Waals surface area (Å²) in [5.41, 5.74) is 5.77. The van der Waals surface area contributed by atoms with Gasteiger partial charge < -0.3 is 10.8 Å². The van der Waals surface area contributed by atoms with Crippen molar-refractivity contribution in [2.24, 2.45) is 17.6 Å². The third-order valence-corrected chi connectivity index (χ3v) is 2.71. The van der Waals surface area contributed by atoms with Crippen molar-refractivity contribution in [2.75, 3.05) is 0 Å². The van der Waals surface area contributed by atoms with Crippen molar-refractivity contribution < 1.29 is 18.7 Å². The van der Waals surface area contributed by atoms with Crippen LogP contribution in [0.3, 0.4) is 0 Å². The topological polar surface area (TPSA) is 63.3 Å². The molecule has 0 aromatic heterocycles. The second-order valence-corrected chi connectivity index (χ2v) is 4.30. The Morgan fingerprint density at radius 3 is 2.35 bits per heavy atom. The van der Waals surface area contributed by atoms with E-state index in [0.29, 0.717) is 6.07 Å². The summed E-state index contributed by atoms with van der Waals surface area (Å²) >= 11 is 0. The summed E-state index contributed by atoms with van der Waals surface area (Å²) in [6, 6.07) is 1.97. The fraction of sp³-hybridized carbons (Fsp3) is 0.417. The molecule has 0 radical (unpaired) electrons. The molecule has 0 aliphatic rings. The predicted octanol–water partition coefficient (Wildman–Crippen LogP) is 2.32. The molecule has 1 aromatic carbocycles. The summed E-state index contributed by atoms with van der Waals surface area (Å²) in [6.45, 7) is 3.39. The standard InChI is InChI=1S/C12H15F2NO2/c1-6(2)10(12(16)17)11(15)8-4-3-7(13)5-9(8)14/h3-6,10-11H,15H2,1-2H3,(H,16,17). The summed E-state index contributed by atoms with van der Waals surface area (Å²) in [6.07, 6.45) is 0. The molecule has 0 bridgehead atoms. The lowest BCUT2D eigenvalue weighted by Crippen LogP contribution is -2.32. The van der Waals surface area contributed by atoms with E-state index < -0.39 is 29.6 Å². The molecule has 94 valence electrons. The van der Waals surface area contributed by atoms with Gasteiger partial charge in [-0.2, -0.15) is 0 Å². The molecule has 1 rings (SSSR count). The zero-order chi connectivity index (χ0) is 13.2. The zero-order valence-corrected chi connectivity index (χ0v) is 9.65. The first-order chi connectivity index (χ1) is 7.84. The molecule has 0 saturated heterocycles. The van der Waals surface area contributed by atoms with Crippen LogP contribution in [0.25, 0.3) is 0 Å².